The van der Waals surface area contributed by atoms with Crippen LogP contribution < -0.4 is 10.2 Å². The van der Waals surface area contributed by atoms with Gasteiger partial charge in [0.2, 0.25) is 0 Å². The average molecular weight is 458 g/mol. The average Bonchev–Trinajstić information content (AvgIpc) is 2.80. The Morgan fingerprint density at radius 2 is 1.58 bits per heavy atom. The summed E-state index contributed by atoms with van der Waals surface area (Å²) in [6.07, 6.45) is 0. The third kappa shape index (κ3) is 3.39. The van der Waals surface area contributed by atoms with Crippen LogP contribution in [0.3, 0.4) is 0 Å². The highest BCUT2D eigenvalue weighted by atomic mass is 35.5. The lowest BCUT2D eigenvalue weighted by atomic mass is 9.91. The Morgan fingerprint density at radius 1 is 0.909 bits per heavy atom. The van der Waals surface area contributed by atoms with Gasteiger partial charge in [0.15, 0.2) is 0 Å². The van der Waals surface area contributed by atoms with E-state index in [1.165, 1.54) is 6.07 Å². The fraction of sp³-hybridized carbons (Fsp3) is 0.0400. The van der Waals surface area contributed by atoms with Crippen molar-refractivity contribution in [3.63, 3.8) is 0 Å². The number of hydrogen-bond acceptors (Lipinski definition) is 5. The lowest BCUT2D eigenvalue weighted by Gasteiger charge is -2.28. The number of benzene rings is 4. The highest BCUT2D eigenvalue weighted by Gasteiger charge is 2.37. The molecule has 0 bridgehead atoms. The molecular formula is C25H16ClN3O4. The number of carbonyl (C=O) groups excluding carboxylic acids is 2. The van der Waals surface area contributed by atoms with Crippen molar-refractivity contribution < 1.29 is 14.5 Å². The minimum atomic E-state index is -0.603. The van der Waals surface area contributed by atoms with Gasteiger partial charge in [-0.15, -0.1) is 0 Å². The first-order valence-corrected chi connectivity index (χ1v) is 10.4. The highest BCUT2D eigenvalue weighted by molar-refractivity contribution is 6.37. The summed E-state index contributed by atoms with van der Waals surface area (Å²) in [6.45, 7) is 1.90. The molecule has 5 rings (SSSR count). The first-order valence-electron chi connectivity index (χ1n) is 10.1. The summed E-state index contributed by atoms with van der Waals surface area (Å²) >= 11 is 5.95. The van der Waals surface area contributed by atoms with Gasteiger partial charge >= 0.3 is 0 Å². The van der Waals surface area contributed by atoms with E-state index >= 15 is 0 Å². The molecule has 4 aromatic rings. The van der Waals surface area contributed by atoms with Crippen molar-refractivity contribution in [1.29, 1.82) is 0 Å². The largest absolute Gasteiger partial charge is 0.349 e. The lowest BCUT2D eigenvalue weighted by molar-refractivity contribution is -0.383. The number of hydrogen-bond donors (Lipinski definition) is 1. The maximum Gasteiger partial charge on any atom is 0.294 e. The molecule has 1 heterocycles. The Hall–Kier alpha value is -4.23. The fourth-order valence-electron chi connectivity index (χ4n) is 4.03. The van der Waals surface area contributed by atoms with Crippen LogP contribution in [0, 0.1) is 17.0 Å². The molecule has 0 unspecified atom stereocenters. The van der Waals surface area contributed by atoms with E-state index in [1.807, 2.05) is 6.92 Å². The van der Waals surface area contributed by atoms with Gasteiger partial charge in [-0.05, 0) is 49.4 Å². The molecule has 0 aliphatic carbocycles. The predicted molar refractivity (Wildman–Crippen MR) is 128 cm³/mol. The molecule has 1 aliphatic heterocycles. The lowest BCUT2D eigenvalue weighted by Crippen LogP contribution is -2.40. The number of nitro benzene ring substituents is 1. The quantitative estimate of drug-likeness (QED) is 0.222. The molecule has 0 saturated heterocycles. The molecule has 0 radical (unpaired) electrons. The van der Waals surface area contributed by atoms with E-state index in [-0.39, 0.29) is 16.9 Å². The normalized spacial score (nSPS) is 12.8. The van der Waals surface area contributed by atoms with Crippen molar-refractivity contribution in [2.45, 2.75) is 6.92 Å². The van der Waals surface area contributed by atoms with Gasteiger partial charge in [-0.3, -0.25) is 19.7 Å². The number of aryl methyl sites for hydroxylation is 1. The summed E-state index contributed by atoms with van der Waals surface area (Å²) in [5, 5.41) is 16.4. The first kappa shape index (κ1) is 20.7. The summed E-state index contributed by atoms with van der Waals surface area (Å²) in [4.78, 5) is 39.3. The van der Waals surface area contributed by atoms with Gasteiger partial charge in [0.05, 0.1) is 16.2 Å². The first-order chi connectivity index (χ1) is 15.8. The second-order valence-electron chi connectivity index (χ2n) is 7.72. The second kappa shape index (κ2) is 7.72. The third-order valence-electron chi connectivity index (χ3n) is 5.61. The van der Waals surface area contributed by atoms with E-state index < -0.39 is 16.7 Å². The fourth-order valence-corrected chi connectivity index (χ4v) is 4.16. The molecule has 0 fully saturated rings. The zero-order chi connectivity index (χ0) is 23.3. The van der Waals surface area contributed by atoms with Crippen LogP contribution in [0.1, 0.15) is 26.3 Å². The number of nitro groups is 1. The van der Waals surface area contributed by atoms with Crippen LogP contribution in [0.15, 0.2) is 72.8 Å². The van der Waals surface area contributed by atoms with Crippen LogP contribution in [-0.4, -0.2) is 16.7 Å². The highest BCUT2D eigenvalue weighted by Crippen LogP contribution is 2.42. The summed E-state index contributed by atoms with van der Waals surface area (Å²) in [7, 11) is 0. The minimum absolute atomic E-state index is 0.106. The van der Waals surface area contributed by atoms with Crippen LogP contribution in [0.25, 0.3) is 10.8 Å². The predicted octanol–water partition coefficient (Wildman–Crippen LogP) is 6.25. The zero-order valence-corrected chi connectivity index (χ0v) is 18.1. The van der Waals surface area contributed by atoms with Crippen LogP contribution in [0.5, 0.6) is 0 Å². The molecule has 7 nitrogen and oxygen atoms in total. The van der Waals surface area contributed by atoms with Crippen molar-refractivity contribution in [1.82, 2.24) is 0 Å². The number of nitrogens with zero attached hydrogens (tertiary/aromatic N) is 2. The Morgan fingerprint density at radius 3 is 2.24 bits per heavy atom. The van der Waals surface area contributed by atoms with Crippen LogP contribution in [0.2, 0.25) is 5.02 Å². The van der Waals surface area contributed by atoms with Crippen LogP contribution in [-0.2, 0) is 0 Å². The number of carbonyl (C=O) groups is 2. The van der Waals surface area contributed by atoms with Crippen LogP contribution in [0.4, 0.5) is 22.7 Å². The zero-order valence-electron chi connectivity index (χ0n) is 17.3. The molecule has 162 valence electrons. The van der Waals surface area contributed by atoms with E-state index in [0.29, 0.717) is 32.7 Å². The van der Waals surface area contributed by atoms with Gasteiger partial charge in [0.1, 0.15) is 5.69 Å². The Kier molecular flexibility index (Phi) is 4.83. The van der Waals surface area contributed by atoms with Gasteiger partial charge in [-0.1, -0.05) is 41.4 Å². The molecule has 0 atom stereocenters. The van der Waals surface area contributed by atoms with Gasteiger partial charge in [0, 0.05) is 33.1 Å². The molecule has 2 amide bonds. The number of imide groups is 1. The Bertz CT molecular complexity index is 1460. The van der Waals surface area contributed by atoms with Crippen molar-refractivity contribution in [2.75, 3.05) is 10.2 Å². The molecular weight excluding hydrogens is 442 g/mol. The number of halogens is 1. The summed E-state index contributed by atoms with van der Waals surface area (Å²) in [5.74, 6) is -1.08. The number of amides is 2. The number of nitrogens with one attached hydrogen (secondary N) is 1. The Labute approximate surface area is 193 Å². The maximum absolute atomic E-state index is 13.4. The van der Waals surface area contributed by atoms with Crippen molar-refractivity contribution in [3.8, 4) is 0 Å². The SMILES string of the molecule is Cc1ccc(N2C(=O)c3cccc4c(Nc5ccc(Cl)cc5)c([N+](=O)[O-])cc(c34)C2=O)cc1. The summed E-state index contributed by atoms with van der Waals surface area (Å²) < 4.78 is 0. The van der Waals surface area contributed by atoms with Crippen molar-refractivity contribution in [2.24, 2.45) is 0 Å². The molecule has 1 N–H and O–H groups in total. The van der Waals surface area contributed by atoms with E-state index in [1.54, 1.807) is 66.7 Å². The van der Waals surface area contributed by atoms with Crippen molar-refractivity contribution in [3.05, 3.63) is 105 Å². The number of anilines is 3. The topological polar surface area (TPSA) is 92.6 Å². The van der Waals surface area contributed by atoms with Gasteiger partial charge < -0.3 is 5.32 Å². The second-order valence-corrected chi connectivity index (χ2v) is 8.15. The third-order valence-corrected chi connectivity index (χ3v) is 5.86. The summed E-state index contributed by atoms with van der Waals surface area (Å²) in [5.41, 5.74) is 2.31. The van der Waals surface area contributed by atoms with Crippen molar-refractivity contribution >= 4 is 56.9 Å². The minimum Gasteiger partial charge on any atom is -0.349 e. The monoisotopic (exact) mass is 457 g/mol. The van der Waals surface area contributed by atoms with Gasteiger partial charge in [-0.2, -0.15) is 0 Å². The standard InChI is InChI=1S/C25H16ClN3O4/c1-14-5-11-17(12-6-14)28-24(30)19-4-2-3-18-22(19)20(25(28)31)13-21(29(32)33)23(18)27-16-9-7-15(26)8-10-16/h2-13,27H,1H3. The van der Waals surface area contributed by atoms with E-state index in [9.17, 15) is 19.7 Å². The number of rotatable bonds is 4. The molecule has 0 spiro atoms. The van der Waals surface area contributed by atoms with Gasteiger partial charge in [-0.25, -0.2) is 4.90 Å². The molecule has 33 heavy (non-hydrogen) atoms. The summed E-state index contributed by atoms with van der Waals surface area (Å²) in [6, 6.07) is 19.8. The molecule has 8 heteroatoms. The molecule has 0 aromatic heterocycles. The maximum atomic E-state index is 13.4. The van der Waals surface area contributed by atoms with E-state index in [0.717, 1.165) is 10.5 Å². The molecule has 4 aromatic carbocycles. The van der Waals surface area contributed by atoms with Crippen LogP contribution >= 0.6 is 11.6 Å². The Balaban J connectivity index is 1.74. The van der Waals surface area contributed by atoms with E-state index in [2.05, 4.69) is 5.32 Å². The van der Waals surface area contributed by atoms with Gasteiger partial charge in [0.25, 0.3) is 17.5 Å². The molecule has 1 aliphatic rings. The van der Waals surface area contributed by atoms with E-state index in [4.69, 9.17) is 11.6 Å². The smallest absolute Gasteiger partial charge is 0.294 e. The molecule has 0 saturated carbocycles.